The fourth-order valence-corrected chi connectivity index (χ4v) is 0.840. The van der Waals surface area contributed by atoms with E-state index in [1.54, 1.807) is 0 Å². The van der Waals surface area contributed by atoms with Gasteiger partial charge in [-0.1, -0.05) is 0 Å². The zero-order valence-electron chi connectivity index (χ0n) is 8.48. The second-order valence-corrected chi connectivity index (χ2v) is 2.74. The van der Waals surface area contributed by atoms with E-state index < -0.39 is 11.9 Å². The average Bonchev–Trinajstić information content (AvgIpc) is 2.23. The maximum Gasteiger partial charge on any atom is 0.305 e. The number of carbonyl (C=O) groups excluding carboxylic acids is 2. The molecule has 0 amide bonds. The number of carbonyl (C=O) groups is 2. The van der Waals surface area contributed by atoms with Gasteiger partial charge in [0.25, 0.3) is 0 Å². The molecule has 0 fully saturated rings. The highest BCUT2D eigenvalue weighted by molar-refractivity contribution is 5.72. The lowest BCUT2D eigenvalue weighted by molar-refractivity contribution is -0.146. The van der Waals surface area contributed by atoms with Crippen LogP contribution in [0.2, 0.25) is 0 Å². The van der Waals surface area contributed by atoms with Crippen molar-refractivity contribution in [2.24, 2.45) is 0 Å². The van der Waals surface area contributed by atoms with Crippen LogP contribution in [0.1, 0.15) is 19.3 Å². The van der Waals surface area contributed by atoms with Crippen molar-refractivity contribution in [3.63, 3.8) is 0 Å². The van der Waals surface area contributed by atoms with Crippen molar-refractivity contribution in [2.75, 3.05) is 26.4 Å². The van der Waals surface area contributed by atoms with Gasteiger partial charge in [0, 0.05) is 12.8 Å². The van der Waals surface area contributed by atoms with Gasteiger partial charge in [-0.05, 0) is 6.42 Å². The van der Waals surface area contributed by atoms with Crippen LogP contribution in [0.3, 0.4) is 0 Å². The van der Waals surface area contributed by atoms with Gasteiger partial charge in [0.1, 0.15) is 13.2 Å². The Hall–Kier alpha value is -1.14. The molecule has 0 atom stereocenters. The first kappa shape index (κ1) is 13.9. The summed E-state index contributed by atoms with van der Waals surface area (Å²) in [5.74, 6) is -0.891. The van der Waals surface area contributed by atoms with Gasteiger partial charge in [0.2, 0.25) is 0 Å². The zero-order valence-corrected chi connectivity index (χ0v) is 8.48. The van der Waals surface area contributed by atoms with Crippen LogP contribution in [0.4, 0.5) is 0 Å². The van der Waals surface area contributed by atoms with Crippen molar-refractivity contribution in [1.82, 2.24) is 0 Å². The molecule has 0 radical (unpaired) electrons. The number of aliphatic hydroxyl groups excluding tert-OH is 2. The van der Waals surface area contributed by atoms with Crippen molar-refractivity contribution in [1.29, 1.82) is 0 Å². The highest BCUT2D eigenvalue weighted by Gasteiger charge is 2.06. The third-order valence-corrected chi connectivity index (χ3v) is 1.47. The van der Waals surface area contributed by atoms with Crippen molar-refractivity contribution in [3.8, 4) is 0 Å². The lowest BCUT2D eigenvalue weighted by Crippen LogP contribution is -2.11. The Balaban J connectivity index is 3.36. The lowest BCUT2D eigenvalue weighted by Gasteiger charge is -2.03. The largest absolute Gasteiger partial charge is 0.463 e. The van der Waals surface area contributed by atoms with E-state index in [9.17, 15) is 9.59 Å². The van der Waals surface area contributed by atoms with Crippen LogP contribution in [-0.2, 0) is 19.1 Å². The van der Waals surface area contributed by atoms with Crippen LogP contribution in [0.15, 0.2) is 0 Å². The maximum absolute atomic E-state index is 10.9. The predicted octanol–water partition coefficient (Wildman–Crippen LogP) is -0.772. The Morgan fingerprint density at radius 3 is 1.60 bits per heavy atom. The molecular formula is C9H16O6. The van der Waals surface area contributed by atoms with Gasteiger partial charge in [0.05, 0.1) is 13.2 Å². The van der Waals surface area contributed by atoms with E-state index >= 15 is 0 Å². The second-order valence-electron chi connectivity index (χ2n) is 2.74. The van der Waals surface area contributed by atoms with E-state index in [0.29, 0.717) is 6.42 Å². The summed E-state index contributed by atoms with van der Waals surface area (Å²) in [5.41, 5.74) is 0. The van der Waals surface area contributed by atoms with E-state index in [1.165, 1.54) is 0 Å². The van der Waals surface area contributed by atoms with Gasteiger partial charge in [-0.3, -0.25) is 9.59 Å². The topological polar surface area (TPSA) is 93.1 Å². The van der Waals surface area contributed by atoms with E-state index in [4.69, 9.17) is 10.2 Å². The molecule has 15 heavy (non-hydrogen) atoms. The van der Waals surface area contributed by atoms with Gasteiger partial charge in [-0.15, -0.1) is 0 Å². The van der Waals surface area contributed by atoms with Crippen LogP contribution in [-0.4, -0.2) is 48.6 Å². The van der Waals surface area contributed by atoms with Crippen LogP contribution in [0.5, 0.6) is 0 Å². The fraction of sp³-hybridized carbons (Fsp3) is 0.778. The molecule has 0 heterocycles. The summed E-state index contributed by atoms with van der Waals surface area (Å²) in [6, 6.07) is 0. The summed E-state index contributed by atoms with van der Waals surface area (Å²) in [6.07, 6.45) is 0.580. The van der Waals surface area contributed by atoms with Crippen LogP contribution < -0.4 is 0 Å². The molecule has 0 aliphatic rings. The number of rotatable bonds is 8. The smallest absolute Gasteiger partial charge is 0.305 e. The lowest BCUT2D eigenvalue weighted by atomic mass is 10.2. The molecule has 88 valence electrons. The first-order valence-electron chi connectivity index (χ1n) is 4.73. The summed E-state index contributed by atoms with van der Waals surface area (Å²) in [5, 5.41) is 16.7. The molecule has 0 bridgehead atoms. The summed E-state index contributed by atoms with van der Waals surface area (Å²) in [6.45, 7) is -0.448. The molecule has 0 aromatic heterocycles. The van der Waals surface area contributed by atoms with Crippen molar-refractivity contribution >= 4 is 11.9 Å². The molecule has 0 aromatic rings. The summed E-state index contributed by atoms with van der Waals surface area (Å²) in [7, 11) is 0. The van der Waals surface area contributed by atoms with Crippen molar-refractivity contribution < 1.29 is 29.3 Å². The van der Waals surface area contributed by atoms with Gasteiger partial charge in [0.15, 0.2) is 0 Å². The van der Waals surface area contributed by atoms with E-state index in [0.717, 1.165) is 0 Å². The third-order valence-electron chi connectivity index (χ3n) is 1.47. The number of hydrogen-bond donors (Lipinski definition) is 2. The number of ether oxygens (including phenoxy) is 2. The molecule has 0 saturated carbocycles. The molecule has 0 spiro atoms. The van der Waals surface area contributed by atoms with Crippen LogP contribution in [0.25, 0.3) is 0 Å². The second kappa shape index (κ2) is 9.42. The minimum atomic E-state index is -0.445. The Morgan fingerprint density at radius 2 is 1.27 bits per heavy atom. The van der Waals surface area contributed by atoms with Gasteiger partial charge in [-0.2, -0.15) is 0 Å². The molecule has 6 heteroatoms. The minimum Gasteiger partial charge on any atom is -0.463 e. The summed E-state index contributed by atoms with van der Waals surface area (Å²) >= 11 is 0. The average molecular weight is 220 g/mol. The number of aliphatic hydroxyl groups is 2. The highest BCUT2D eigenvalue weighted by atomic mass is 16.5. The number of esters is 2. The third kappa shape index (κ3) is 9.17. The van der Waals surface area contributed by atoms with E-state index in [1.807, 2.05) is 0 Å². The Bertz CT molecular complexity index is 171. The first-order valence-corrected chi connectivity index (χ1v) is 4.73. The molecule has 0 aromatic carbocycles. The Labute approximate surface area is 87.8 Å². The van der Waals surface area contributed by atoms with Gasteiger partial charge < -0.3 is 19.7 Å². The molecular weight excluding hydrogens is 204 g/mol. The molecule has 0 saturated heterocycles. The molecule has 2 N–H and O–H groups in total. The van der Waals surface area contributed by atoms with Gasteiger partial charge in [-0.25, -0.2) is 0 Å². The number of hydrogen-bond acceptors (Lipinski definition) is 6. The summed E-state index contributed by atoms with van der Waals surface area (Å²) < 4.78 is 9.15. The molecule has 0 aliphatic carbocycles. The molecule has 6 nitrogen and oxygen atoms in total. The van der Waals surface area contributed by atoms with Crippen LogP contribution in [0, 0.1) is 0 Å². The van der Waals surface area contributed by atoms with Crippen LogP contribution >= 0.6 is 0 Å². The Morgan fingerprint density at radius 1 is 0.867 bits per heavy atom. The minimum absolute atomic E-state index is 0.0200. The molecule has 0 unspecified atom stereocenters. The predicted molar refractivity (Wildman–Crippen MR) is 49.9 cm³/mol. The SMILES string of the molecule is O=C(CCCC(=O)OCCO)OCCO. The summed E-state index contributed by atoms with van der Waals surface area (Å²) in [4.78, 5) is 21.7. The zero-order chi connectivity index (χ0) is 11.5. The maximum atomic E-state index is 10.9. The molecule has 0 rings (SSSR count). The monoisotopic (exact) mass is 220 g/mol. The van der Waals surface area contributed by atoms with E-state index in [-0.39, 0.29) is 39.3 Å². The van der Waals surface area contributed by atoms with E-state index in [2.05, 4.69) is 9.47 Å². The fourth-order valence-electron chi connectivity index (χ4n) is 0.840. The first-order chi connectivity index (χ1) is 7.20. The molecule has 0 aliphatic heterocycles. The Kier molecular flexibility index (Phi) is 8.70. The van der Waals surface area contributed by atoms with Crippen molar-refractivity contribution in [2.45, 2.75) is 19.3 Å². The standard InChI is InChI=1S/C9H16O6/c10-4-6-14-8(12)2-1-3-9(13)15-7-5-11/h10-11H,1-7H2. The van der Waals surface area contributed by atoms with Crippen molar-refractivity contribution in [3.05, 3.63) is 0 Å². The van der Waals surface area contributed by atoms with Gasteiger partial charge >= 0.3 is 11.9 Å². The highest BCUT2D eigenvalue weighted by Crippen LogP contribution is 1.99. The normalized spacial score (nSPS) is 9.73. The quantitative estimate of drug-likeness (QED) is 0.522.